The second kappa shape index (κ2) is 17.1. The van der Waals surface area contributed by atoms with E-state index in [1.807, 2.05) is 32.9 Å². The summed E-state index contributed by atoms with van der Waals surface area (Å²) in [6, 6.07) is 20.5. The van der Waals surface area contributed by atoms with Gasteiger partial charge in [0.15, 0.2) is 0 Å². The molecule has 6 aromatic rings. The number of pyridine rings is 1. The molecule has 0 radical (unpaired) electrons. The fraction of sp³-hybridized carbons (Fsp3) is 0.385. The third-order valence-electron chi connectivity index (χ3n) is 15.4. The van der Waals surface area contributed by atoms with Crippen molar-refractivity contribution in [3.05, 3.63) is 114 Å². The molecule has 0 bridgehead atoms. The third kappa shape index (κ3) is 7.65. The van der Waals surface area contributed by atoms with Crippen LogP contribution < -0.4 is 15.1 Å². The molecule has 7 heterocycles. The summed E-state index contributed by atoms with van der Waals surface area (Å²) in [5.74, 6) is -2.34. The number of nitriles is 2. The van der Waals surface area contributed by atoms with Crippen LogP contribution >= 0.6 is 0 Å². The van der Waals surface area contributed by atoms with E-state index in [4.69, 9.17) is 14.2 Å². The Morgan fingerprint density at radius 3 is 1.86 bits per heavy atom. The highest BCUT2D eigenvalue weighted by Crippen LogP contribution is 2.64. The summed E-state index contributed by atoms with van der Waals surface area (Å²) in [6.07, 6.45) is 2.81. The van der Waals surface area contributed by atoms with E-state index in [9.17, 15) is 24.9 Å². The maximum absolute atomic E-state index is 15.9. The number of piperidine rings is 2. The van der Waals surface area contributed by atoms with E-state index in [2.05, 4.69) is 43.1 Å². The summed E-state index contributed by atoms with van der Waals surface area (Å²) in [7, 11) is 0. The van der Waals surface area contributed by atoms with Gasteiger partial charge in [0.25, 0.3) is 0 Å². The lowest BCUT2D eigenvalue weighted by atomic mass is 9.86. The molecule has 3 amide bonds. The van der Waals surface area contributed by atoms with E-state index in [-0.39, 0.29) is 72.8 Å². The fourth-order valence-electron chi connectivity index (χ4n) is 11.8. The number of likely N-dealkylation sites (tertiary alicyclic amines) is 1. The van der Waals surface area contributed by atoms with Gasteiger partial charge in [-0.3, -0.25) is 14.8 Å². The van der Waals surface area contributed by atoms with Crippen molar-refractivity contribution in [3.63, 3.8) is 0 Å². The smallest absolute Gasteiger partial charge is 0.414 e. The minimum atomic E-state index is -0.912. The van der Waals surface area contributed by atoms with Gasteiger partial charge in [-0.1, -0.05) is 34.7 Å². The third-order valence-corrected chi connectivity index (χ3v) is 15.4. The lowest BCUT2D eigenvalue weighted by molar-refractivity contribution is 0.0265. The number of fused-ring (bicyclic) bond motifs is 2. The number of benzene rings is 3. The molecule has 2 aliphatic carbocycles. The zero-order valence-corrected chi connectivity index (χ0v) is 40.2. The molecule has 6 fully saturated rings. The van der Waals surface area contributed by atoms with Gasteiger partial charge in [-0.15, -0.1) is 10.2 Å². The number of anilines is 2. The fourth-order valence-corrected chi connectivity index (χ4v) is 11.8. The van der Waals surface area contributed by atoms with Crippen LogP contribution in [0.1, 0.15) is 31.9 Å². The minimum absolute atomic E-state index is 0.0177. The summed E-state index contributed by atoms with van der Waals surface area (Å²) < 4.78 is 67.3. The van der Waals surface area contributed by atoms with Crippen molar-refractivity contribution in [3.8, 4) is 45.8 Å². The number of amides is 3. The Morgan fingerprint density at radius 2 is 1.31 bits per heavy atom. The van der Waals surface area contributed by atoms with Crippen LogP contribution in [0.4, 0.5) is 38.9 Å². The molecule has 4 saturated heterocycles. The first-order valence-corrected chi connectivity index (χ1v) is 24.2. The van der Waals surface area contributed by atoms with Crippen LogP contribution in [0.3, 0.4) is 0 Å². The van der Waals surface area contributed by atoms with E-state index in [0.717, 1.165) is 22.6 Å². The average Bonchev–Trinajstić information content (AvgIpc) is 4.02. The summed E-state index contributed by atoms with van der Waals surface area (Å²) >= 11 is 0. The highest BCUT2D eigenvalue weighted by atomic mass is 19.1. The Labute approximate surface area is 421 Å². The maximum atomic E-state index is 15.9. The Balaban J connectivity index is 0.650. The van der Waals surface area contributed by atoms with Crippen LogP contribution in [-0.2, 0) is 38.1 Å². The van der Waals surface area contributed by atoms with Gasteiger partial charge in [-0.05, 0) is 73.9 Å². The predicted molar refractivity (Wildman–Crippen MR) is 255 cm³/mol. The first-order chi connectivity index (χ1) is 35.6. The molecule has 19 nitrogen and oxygen atoms in total. The van der Waals surface area contributed by atoms with Crippen molar-refractivity contribution < 1.29 is 41.8 Å². The molecule has 22 heteroatoms. The lowest BCUT2D eigenvalue weighted by Crippen LogP contribution is -2.38. The molecule has 6 atom stereocenters. The van der Waals surface area contributed by atoms with Gasteiger partial charge in [-0.25, -0.2) is 36.9 Å². The SMILES string of the molecule is CC(C)(C)OC(=O)N1CC2C(C1)C2(C#N)c1ccc(-c2ccc(N3C[C@H](Cn4cc(-c5cn(C[C@H]6CN(c7cc(F)c(-c8cnccc8C8(C#N)C9CNCC98)c(F)c7)C(=O)O6)nn5)nn4)OC3=O)cc2F)cc1. The largest absolute Gasteiger partial charge is 0.444 e. The van der Waals surface area contributed by atoms with Crippen molar-refractivity contribution in [1.82, 2.24) is 45.2 Å². The van der Waals surface area contributed by atoms with Gasteiger partial charge in [0.2, 0.25) is 0 Å². The molecule has 0 spiro atoms. The van der Waals surface area contributed by atoms with E-state index < -0.39 is 58.3 Å². The second-order valence-electron chi connectivity index (χ2n) is 20.8. The number of hydrogen-bond donors (Lipinski definition) is 1. The van der Waals surface area contributed by atoms with Crippen molar-refractivity contribution in [2.75, 3.05) is 49.1 Å². The van der Waals surface area contributed by atoms with Crippen LogP contribution in [0, 0.1) is 63.8 Å². The Kier molecular flexibility index (Phi) is 10.8. The van der Waals surface area contributed by atoms with Gasteiger partial charge >= 0.3 is 18.3 Å². The molecule has 12 rings (SSSR count). The molecule has 2 saturated carbocycles. The van der Waals surface area contributed by atoms with Gasteiger partial charge in [0.1, 0.15) is 46.6 Å². The Bertz CT molecular complexity index is 3340. The number of ether oxygens (including phenoxy) is 3. The number of aromatic nitrogens is 7. The summed E-state index contributed by atoms with van der Waals surface area (Å²) in [6.45, 7) is 7.83. The molecule has 74 heavy (non-hydrogen) atoms. The van der Waals surface area contributed by atoms with Crippen molar-refractivity contribution >= 4 is 29.7 Å². The van der Waals surface area contributed by atoms with Crippen LogP contribution in [0.5, 0.6) is 0 Å². The van der Waals surface area contributed by atoms with E-state index >= 15 is 13.2 Å². The molecular formula is C52H46F3N13O6. The van der Waals surface area contributed by atoms with Crippen molar-refractivity contribution in [1.29, 1.82) is 10.5 Å². The average molecular weight is 1010 g/mol. The standard InChI is InChI=1S/C52H46F3N13O6/c1-50(2,3)74-47(69)64-22-39-40(23-64)51(39,26-56)29-6-4-28(5-7-29)34-9-8-30(12-41(34)53)67-20-32(72-48(67)70)18-65-24-44(60-62-65)45-25-66(63-61-45)19-33-21-68(49(71)73-33)31-13-42(54)46(43(55)14-31)35-15-58-11-10-36(35)52(27-57)37-16-59-17-38(37)52/h4-15,24-25,32-33,37-40,59H,16-23H2,1-3H3/t32-,33-,37?,38?,39?,40?,51?,52?/m0/s1. The number of nitrogens with one attached hydrogen (secondary N) is 1. The van der Waals surface area contributed by atoms with Gasteiger partial charge in [-0.2, -0.15) is 10.5 Å². The number of cyclic esters (lactones) is 2. The van der Waals surface area contributed by atoms with Crippen LogP contribution in [0.15, 0.2) is 85.5 Å². The lowest BCUT2D eigenvalue weighted by Gasteiger charge is -2.27. The number of rotatable bonds is 11. The molecule has 4 unspecified atom stereocenters. The minimum Gasteiger partial charge on any atom is -0.444 e. The monoisotopic (exact) mass is 1010 g/mol. The first-order valence-electron chi connectivity index (χ1n) is 24.2. The summed E-state index contributed by atoms with van der Waals surface area (Å²) in [5, 5.41) is 40.5. The topological polar surface area (TPSA) is 223 Å². The number of halogens is 3. The van der Waals surface area contributed by atoms with Crippen LogP contribution in [-0.4, -0.2) is 115 Å². The highest BCUT2D eigenvalue weighted by molar-refractivity contribution is 5.91. The highest BCUT2D eigenvalue weighted by Gasteiger charge is 2.71. The number of nitrogens with zero attached hydrogens (tertiary/aromatic N) is 12. The predicted octanol–water partition coefficient (Wildman–Crippen LogP) is 6.60. The van der Waals surface area contributed by atoms with Crippen molar-refractivity contribution in [2.24, 2.45) is 23.7 Å². The molecule has 1 N–H and O–H groups in total. The molecular weight excluding hydrogens is 960 g/mol. The molecule has 376 valence electrons. The zero-order valence-electron chi connectivity index (χ0n) is 40.2. The molecule has 4 aliphatic heterocycles. The second-order valence-corrected chi connectivity index (χ2v) is 20.8. The Morgan fingerprint density at radius 1 is 0.743 bits per heavy atom. The van der Waals surface area contributed by atoms with E-state index in [1.54, 1.807) is 47.6 Å². The molecule has 6 aliphatic rings. The van der Waals surface area contributed by atoms with Gasteiger partial charge < -0.3 is 24.4 Å². The first kappa shape index (κ1) is 46.7. The van der Waals surface area contributed by atoms with E-state index in [1.165, 1.54) is 32.7 Å². The van der Waals surface area contributed by atoms with Crippen LogP contribution in [0.25, 0.3) is 33.6 Å². The molecule has 3 aromatic heterocycles. The van der Waals surface area contributed by atoms with Gasteiger partial charge in [0.05, 0.1) is 78.5 Å². The molecule has 3 aromatic carbocycles. The van der Waals surface area contributed by atoms with Gasteiger partial charge in [0, 0.05) is 73.4 Å². The number of carbonyl (C=O) groups excluding carboxylic acids is 3. The number of carbonyl (C=O) groups is 3. The summed E-state index contributed by atoms with van der Waals surface area (Å²) in [4.78, 5) is 47.0. The summed E-state index contributed by atoms with van der Waals surface area (Å²) in [5.41, 5.74) is 0.901. The van der Waals surface area contributed by atoms with E-state index in [0.29, 0.717) is 59.9 Å². The quantitative estimate of drug-likeness (QED) is 0.135. The number of hydrogen-bond acceptors (Lipinski definition) is 14. The normalized spacial score (nSPS) is 26.6. The zero-order chi connectivity index (χ0) is 51.4. The maximum Gasteiger partial charge on any atom is 0.414 e. The Hall–Kier alpha value is -8.37. The van der Waals surface area contributed by atoms with Crippen LogP contribution in [0.2, 0.25) is 0 Å². The van der Waals surface area contributed by atoms with Crippen molar-refractivity contribution in [2.45, 2.75) is 62.5 Å².